The molecule has 0 saturated carbocycles. The van der Waals surface area contributed by atoms with Crippen LogP contribution in [0.15, 0.2) is 54.6 Å². The Kier molecular flexibility index (Phi) is 8.83. The number of sulfonamides is 1. The van der Waals surface area contributed by atoms with Crippen molar-refractivity contribution in [2.45, 2.75) is 64.6 Å². The Morgan fingerprint density at radius 2 is 1.79 bits per heavy atom. The van der Waals surface area contributed by atoms with Gasteiger partial charge in [0, 0.05) is 6.54 Å². The summed E-state index contributed by atoms with van der Waals surface area (Å²) in [5, 5.41) is 2.85. The Morgan fingerprint density at radius 3 is 2.50 bits per heavy atom. The summed E-state index contributed by atoms with van der Waals surface area (Å²) in [4.78, 5) is 36.4. The zero-order valence-electron chi connectivity index (χ0n) is 22.2. The van der Waals surface area contributed by atoms with E-state index in [0.717, 1.165) is 29.4 Å². The monoisotopic (exact) mass is 539 g/mol. The topological polar surface area (TPSA) is 124 Å². The zero-order chi connectivity index (χ0) is 27.3. The van der Waals surface area contributed by atoms with Gasteiger partial charge in [-0.1, -0.05) is 56.3 Å². The van der Waals surface area contributed by atoms with Gasteiger partial charge in [-0.25, -0.2) is 18.1 Å². The van der Waals surface area contributed by atoms with Crippen LogP contribution in [-0.2, 0) is 19.6 Å². The number of imidazole rings is 1. The van der Waals surface area contributed by atoms with Crippen molar-refractivity contribution in [3.05, 3.63) is 66.0 Å². The molecule has 204 valence electrons. The standard InChI is InChI=1S/C28H37N5O4S/c1-19(2)15-17-38(36,37)32-24(18-26(34)33-16-9-14-25(33)21-10-5-4-6-11-21)28(35)29-20(3)27-30-22-12-7-8-13-23(22)31-27/h4-8,10-13,19-20,24-25,32H,9,14-18H2,1-3H3,(H,29,35)(H,30,31)/t20-,24+,25-/m1/s1. The molecule has 3 aromatic rings. The van der Waals surface area contributed by atoms with E-state index in [2.05, 4.69) is 20.0 Å². The van der Waals surface area contributed by atoms with Crippen molar-refractivity contribution in [1.29, 1.82) is 0 Å². The van der Waals surface area contributed by atoms with Gasteiger partial charge in [-0.05, 0) is 49.8 Å². The van der Waals surface area contributed by atoms with Crippen LogP contribution < -0.4 is 10.0 Å². The lowest BCUT2D eigenvalue weighted by atomic mass is 10.0. The number of para-hydroxylation sites is 2. The van der Waals surface area contributed by atoms with Gasteiger partial charge in [0.25, 0.3) is 0 Å². The van der Waals surface area contributed by atoms with Gasteiger partial charge in [0.1, 0.15) is 11.9 Å². The maximum atomic E-state index is 13.5. The predicted molar refractivity (Wildman–Crippen MR) is 148 cm³/mol. The number of amides is 2. The average Bonchev–Trinajstić information content (AvgIpc) is 3.55. The molecule has 2 aromatic carbocycles. The Morgan fingerprint density at radius 1 is 1.08 bits per heavy atom. The van der Waals surface area contributed by atoms with Crippen molar-refractivity contribution in [2.75, 3.05) is 12.3 Å². The first kappa shape index (κ1) is 27.8. The molecule has 0 radical (unpaired) electrons. The first-order valence-electron chi connectivity index (χ1n) is 13.2. The molecule has 0 aliphatic carbocycles. The number of hydrogen-bond acceptors (Lipinski definition) is 5. The highest BCUT2D eigenvalue weighted by Gasteiger charge is 2.34. The van der Waals surface area contributed by atoms with Crippen molar-refractivity contribution < 1.29 is 18.0 Å². The van der Waals surface area contributed by atoms with Crippen LogP contribution in [0.3, 0.4) is 0 Å². The lowest BCUT2D eigenvalue weighted by Gasteiger charge is -2.27. The fourth-order valence-corrected chi connectivity index (χ4v) is 6.32. The summed E-state index contributed by atoms with van der Waals surface area (Å²) in [6.07, 6.45) is 1.87. The number of H-pyrrole nitrogens is 1. The first-order chi connectivity index (χ1) is 18.1. The van der Waals surface area contributed by atoms with E-state index >= 15 is 0 Å². The van der Waals surface area contributed by atoms with E-state index in [1.807, 2.05) is 68.4 Å². The quantitative estimate of drug-likeness (QED) is 0.342. The Bertz CT molecular complexity index is 1320. The number of hydrogen-bond donors (Lipinski definition) is 3. The number of carbonyl (C=O) groups excluding carboxylic acids is 2. The van der Waals surface area contributed by atoms with E-state index in [-0.39, 0.29) is 30.0 Å². The average molecular weight is 540 g/mol. The van der Waals surface area contributed by atoms with Gasteiger partial charge in [-0.2, -0.15) is 0 Å². The van der Waals surface area contributed by atoms with Gasteiger partial charge in [0.15, 0.2) is 0 Å². The highest BCUT2D eigenvalue weighted by molar-refractivity contribution is 7.89. The fourth-order valence-electron chi connectivity index (χ4n) is 4.79. The number of aromatic amines is 1. The summed E-state index contributed by atoms with van der Waals surface area (Å²) >= 11 is 0. The Hall–Kier alpha value is -3.24. The SMILES string of the molecule is CC(C)CCS(=O)(=O)N[C@@H](CC(=O)N1CCC[C@@H]1c1ccccc1)C(=O)N[C@H](C)c1nc2ccccc2[nH]1. The van der Waals surface area contributed by atoms with Crippen molar-refractivity contribution in [3.8, 4) is 0 Å². The van der Waals surface area contributed by atoms with Crippen molar-refractivity contribution >= 4 is 32.9 Å². The van der Waals surface area contributed by atoms with E-state index in [0.29, 0.717) is 18.8 Å². The van der Waals surface area contributed by atoms with Crippen LogP contribution >= 0.6 is 0 Å². The number of fused-ring (bicyclic) bond motifs is 1. The molecule has 0 unspecified atom stereocenters. The fraction of sp³-hybridized carbons (Fsp3) is 0.464. The van der Waals surface area contributed by atoms with Crippen molar-refractivity contribution in [1.82, 2.24) is 24.9 Å². The second kappa shape index (κ2) is 12.1. The summed E-state index contributed by atoms with van der Waals surface area (Å²) in [6.45, 7) is 6.22. The van der Waals surface area contributed by atoms with Gasteiger partial charge in [0.05, 0.1) is 35.3 Å². The molecule has 3 N–H and O–H groups in total. The molecule has 38 heavy (non-hydrogen) atoms. The highest BCUT2D eigenvalue weighted by Crippen LogP contribution is 2.32. The molecule has 1 aliphatic rings. The summed E-state index contributed by atoms with van der Waals surface area (Å²) < 4.78 is 28.3. The third-order valence-electron chi connectivity index (χ3n) is 6.92. The minimum Gasteiger partial charge on any atom is -0.345 e. The molecule has 0 bridgehead atoms. The van der Waals surface area contributed by atoms with Gasteiger partial charge in [0.2, 0.25) is 21.8 Å². The number of rotatable bonds is 11. The zero-order valence-corrected chi connectivity index (χ0v) is 23.0. The third-order valence-corrected chi connectivity index (χ3v) is 8.33. The molecule has 2 heterocycles. The van der Waals surface area contributed by atoms with Crippen molar-refractivity contribution in [2.24, 2.45) is 5.92 Å². The number of likely N-dealkylation sites (tertiary alicyclic amines) is 1. The van der Waals surface area contributed by atoms with Crippen molar-refractivity contribution in [3.63, 3.8) is 0 Å². The lowest BCUT2D eigenvalue weighted by Crippen LogP contribution is -2.50. The molecule has 1 aromatic heterocycles. The van der Waals surface area contributed by atoms with E-state index in [4.69, 9.17) is 0 Å². The minimum atomic E-state index is -3.78. The molecule has 4 rings (SSSR count). The molecule has 1 saturated heterocycles. The van der Waals surface area contributed by atoms with Crippen LogP contribution in [0.25, 0.3) is 11.0 Å². The van der Waals surface area contributed by atoms with Crippen LogP contribution in [0.2, 0.25) is 0 Å². The number of carbonyl (C=O) groups is 2. The summed E-state index contributed by atoms with van der Waals surface area (Å²) in [7, 11) is -3.78. The maximum Gasteiger partial charge on any atom is 0.239 e. The van der Waals surface area contributed by atoms with Crippen LogP contribution in [0, 0.1) is 5.92 Å². The largest absolute Gasteiger partial charge is 0.345 e. The van der Waals surface area contributed by atoms with Gasteiger partial charge >= 0.3 is 0 Å². The second-order valence-electron chi connectivity index (χ2n) is 10.4. The normalized spacial score (nSPS) is 17.6. The molecule has 3 atom stereocenters. The number of nitrogens with one attached hydrogen (secondary N) is 3. The van der Waals surface area contributed by atoms with Gasteiger partial charge in [-0.15, -0.1) is 0 Å². The lowest BCUT2D eigenvalue weighted by molar-refractivity contribution is -0.135. The van der Waals surface area contributed by atoms with Gasteiger partial charge < -0.3 is 15.2 Å². The Balaban J connectivity index is 1.51. The molecule has 9 nitrogen and oxygen atoms in total. The molecule has 1 fully saturated rings. The van der Waals surface area contributed by atoms with Crippen LogP contribution in [0.4, 0.5) is 0 Å². The molecule has 10 heteroatoms. The van der Waals surface area contributed by atoms with Gasteiger partial charge in [-0.3, -0.25) is 9.59 Å². The van der Waals surface area contributed by atoms with E-state index in [9.17, 15) is 18.0 Å². The minimum absolute atomic E-state index is 0.0839. The highest BCUT2D eigenvalue weighted by atomic mass is 32.2. The molecular formula is C28H37N5O4S. The summed E-state index contributed by atoms with van der Waals surface area (Å²) in [5.41, 5.74) is 2.65. The van der Waals surface area contributed by atoms with Crippen LogP contribution in [0.1, 0.15) is 69.9 Å². The van der Waals surface area contributed by atoms with E-state index in [1.54, 1.807) is 11.8 Å². The molecule has 1 aliphatic heterocycles. The third kappa shape index (κ3) is 6.99. The number of benzene rings is 2. The van der Waals surface area contributed by atoms with Crippen LogP contribution in [-0.4, -0.2) is 53.4 Å². The smallest absolute Gasteiger partial charge is 0.239 e. The summed E-state index contributed by atoms with van der Waals surface area (Å²) in [6, 6.07) is 15.5. The molecule has 0 spiro atoms. The predicted octanol–water partition coefficient (Wildman–Crippen LogP) is 3.83. The van der Waals surface area contributed by atoms with E-state index < -0.39 is 28.0 Å². The summed E-state index contributed by atoms with van der Waals surface area (Å²) in [5.74, 6) is -0.187. The molecular weight excluding hydrogens is 502 g/mol. The maximum absolute atomic E-state index is 13.5. The molecule has 2 amide bonds. The first-order valence-corrected chi connectivity index (χ1v) is 14.9. The van der Waals surface area contributed by atoms with E-state index in [1.165, 1.54) is 0 Å². The Labute approximate surface area is 224 Å². The second-order valence-corrected chi connectivity index (χ2v) is 12.3. The number of nitrogens with zero attached hydrogens (tertiary/aromatic N) is 2. The number of aromatic nitrogens is 2. The van der Waals surface area contributed by atoms with Crippen LogP contribution in [0.5, 0.6) is 0 Å².